The first-order valence-corrected chi connectivity index (χ1v) is 9.52. The minimum absolute atomic E-state index is 0. The fraction of sp³-hybridized carbons (Fsp3) is 0.474. The van der Waals surface area contributed by atoms with Gasteiger partial charge in [0, 0.05) is 44.4 Å². The zero-order valence-electron chi connectivity index (χ0n) is 15.2. The minimum Gasteiger partial charge on any atom is -0.356 e. The number of thiazole rings is 1. The maximum atomic E-state index is 4.70. The number of hydrogen-bond donors (Lipinski definition) is 1. The Labute approximate surface area is 171 Å². The van der Waals surface area contributed by atoms with Gasteiger partial charge in [0.1, 0.15) is 0 Å². The molecule has 2 aromatic rings. The Morgan fingerprint density at radius 3 is 2.76 bits per heavy atom. The summed E-state index contributed by atoms with van der Waals surface area (Å²) in [6.07, 6.45) is 2.02. The smallest absolute Gasteiger partial charge is 0.193 e. The molecule has 136 valence electrons. The van der Waals surface area contributed by atoms with Crippen LogP contribution in [0.25, 0.3) is 0 Å². The quantitative estimate of drug-likeness (QED) is 0.416. The molecule has 1 aromatic heterocycles. The largest absolute Gasteiger partial charge is 0.356 e. The minimum atomic E-state index is 0. The van der Waals surface area contributed by atoms with E-state index in [4.69, 9.17) is 4.98 Å². The zero-order valence-corrected chi connectivity index (χ0v) is 18.3. The summed E-state index contributed by atoms with van der Waals surface area (Å²) >= 11 is 1.76. The fourth-order valence-corrected chi connectivity index (χ4v) is 3.88. The van der Waals surface area contributed by atoms with Crippen molar-refractivity contribution in [2.45, 2.75) is 39.2 Å². The van der Waals surface area contributed by atoms with Crippen molar-refractivity contribution in [2.24, 2.45) is 4.99 Å². The maximum absolute atomic E-state index is 4.70. The van der Waals surface area contributed by atoms with Gasteiger partial charge in [-0.25, -0.2) is 4.98 Å². The zero-order chi connectivity index (χ0) is 16.9. The van der Waals surface area contributed by atoms with Crippen molar-refractivity contribution >= 4 is 41.3 Å². The van der Waals surface area contributed by atoms with Crippen molar-refractivity contribution in [1.82, 2.24) is 15.2 Å². The number of fused-ring (bicyclic) bond motifs is 1. The first-order valence-electron chi connectivity index (χ1n) is 8.64. The molecule has 0 fully saturated rings. The second-order valence-corrected chi connectivity index (χ2v) is 7.39. The van der Waals surface area contributed by atoms with Crippen molar-refractivity contribution in [2.75, 3.05) is 20.1 Å². The summed E-state index contributed by atoms with van der Waals surface area (Å²) < 4.78 is 0. The molecule has 0 radical (unpaired) electrons. The number of rotatable bonds is 4. The summed E-state index contributed by atoms with van der Waals surface area (Å²) in [7, 11) is 1.86. The highest BCUT2D eigenvalue weighted by Gasteiger charge is 2.18. The van der Waals surface area contributed by atoms with Gasteiger partial charge in [0.25, 0.3) is 0 Å². The Bertz CT molecular complexity index is 711. The molecule has 0 amide bonds. The van der Waals surface area contributed by atoms with E-state index >= 15 is 0 Å². The summed E-state index contributed by atoms with van der Waals surface area (Å²) in [6, 6.07) is 8.70. The summed E-state index contributed by atoms with van der Waals surface area (Å²) in [4.78, 5) is 11.5. The van der Waals surface area contributed by atoms with Gasteiger partial charge in [-0.05, 0) is 17.5 Å². The van der Waals surface area contributed by atoms with E-state index in [1.807, 2.05) is 7.05 Å². The van der Waals surface area contributed by atoms with Gasteiger partial charge in [0.15, 0.2) is 5.96 Å². The molecule has 4 nitrogen and oxygen atoms in total. The maximum Gasteiger partial charge on any atom is 0.193 e. The Morgan fingerprint density at radius 2 is 2.08 bits per heavy atom. The van der Waals surface area contributed by atoms with Gasteiger partial charge < -0.3 is 10.2 Å². The molecule has 3 rings (SSSR count). The molecule has 1 aromatic carbocycles. The van der Waals surface area contributed by atoms with Gasteiger partial charge in [-0.1, -0.05) is 38.1 Å². The number of hydrogen-bond acceptors (Lipinski definition) is 3. The van der Waals surface area contributed by atoms with Gasteiger partial charge in [-0.15, -0.1) is 35.3 Å². The predicted molar refractivity (Wildman–Crippen MR) is 117 cm³/mol. The molecule has 6 heteroatoms. The van der Waals surface area contributed by atoms with Crippen molar-refractivity contribution in [1.29, 1.82) is 0 Å². The molecule has 0 bridgehead atoms. The predicted octanol–water partition coefficient (Wildman–Crippen LogP) is 4.06. The highest BCUT2D eigenvalue weighted by Crippen LogP contribution is 2.20. The number of nitrogens with one attached hydrogen (secondary N) is 1. The van der Waals surface area contributed by atoms with E-state index in [1.54, 1.807) is 11.3 Å². The van der Waals surface area contributed by atoms with Crippen LogP contribution < -0.4 is 5.32 Å². The normalized spacial score (nSPS) is 14.2. The topological polar surface area (TPSA) is 40.5 Å². The van der Waals surface area contributed by atoms with Crippen molar-refractivity contribution < 1.29 is 0 Å². The van der Waals surface area contributed by atoms with Crippen LogP contribution in [0, 0.1) is 0 Å². The standard InChI is InChI=1S/C19H26N4S.HI/c1-14(2)18-22-17(13-24-18)8-10-21-19(20-3)23-11-9-15-6-4-5-7-16(15)12-23;/h4-7,13-14H,8-12H2,1-3H3,(H,20,21);1H. The van der Waals surface area contributed by atoms with Crippen molar-refractivity contribution in [3.63, 3.8) is 0 Å². The third-order valence-electron chi connectivity index (χ3n) is 4.37. The monoisotopic (exact) mass is 470 g/mol. The van der Waals surface area contributed by atoms with Crippen LogP contribution in [0.3, 0.4) is 0 Å². The van der Waals surface area contributed by atoms with Crippen LogP contribution in [0.4, 0.5) is 0 Å². The van der Waals surface area contributed by atoms with Crippen LogP contribution in [0.1, 0.15) is 41.6 Å². The SMILES string of the molecule is CN=C(NCCc1csc(C(C)C)n1)N1CCc2ccccc2C1.I. The van der Waals surface area contributed by atoms with E-state index in [-0.39, 0.29) is 24.0 Å². The molecular weight excluding hydrogens is 443 g/mol. The summed E-state index contributed by atoms with van der Waals surface area (Å²) in [5.74, 6) is 1.50. The molecule has 2 heterocycles. The van der Waals surface area contributed by atoms with E-state index in [0.717, 1.165) is 38.4 Å². The van der Waals surface area contributed by atoms with Crippen molar-refractivity contribution in [3.8, 4) is 0 Å². The first-order chi connectivity index (χ1) is 11.7. The van der Waals surface area contributed by atoms with E-state index in [9.17, 15) is 0 Å². The molecule has 0 atom stereocenters. The summed E-state index contributed by atoms with van der Waals surface area (Å²) in [6.45, 7) is 7.20. The number of aromatic nitrogens is 1. The molecule has 25 heavy (non-hydrogen) atoms. The van der Waals surface area contributed by atoms with E-state index < -0.39 is 0 Å². The van der Waals surface area contributed by atoms with Crippen LogP contribution >= 0.6 is 35.3 Å². The Hall–Kier alpha value is -1.15. The molecular formula is C19H27IN4S. The van der Waals surface area contributed by atoms with Gasteiger partial charge >= 0.3 is 0 Å². The summed E-state index contributed by atoms with van der Waals surface area (Å²) in [5, 5.41) is 6.90. The molecule has 0 saturated carbocycles. The third-order valence-corrected chi connectivity index (χ3v) is 5.56. The lowest BCUT2D eigenvalue weighted by molar-refractivity contribution is 0.379. The average molecular weight is 470 g/mol. The van der Waals surface area contributed by atoms with Gasteiger partial charge in [0.2, 0.25) is 0 Å². The number of nitrogens with zero attached hydrogens (tertiary/aromatic N) is 3. The Kier molecular flexibility index (Phi) is 7.68. The lowest BCUT2D eigenvalue weighted by atomic mass is 10.0. The van der Waals surface area contributed by atoms with E-state index in [1.165, 1.54) is 21.8 Å². The highest BCUT2D eigenvalue weighted by molar-refractivity contribution is 14.0. The number of benzene rings is 1. The molecule has 0 unspecified atom stereocenters. The Balaban J connectivity index is 0.00000225. The molecule has 0 aliphatic carbocycles. The average Bonchev–Trinajstić information content (AvgIpc) is 3.07. The molecule has 1 aliphatic rings. The fourth-order valence-electron chi connectivity index (χ4n) is 3.01. The summed E-state index contributed by atoms with van der Waals surface area (Å²) in [5.41, 5.74) is 4.05. The number of guanidine groups is 1. The highest BCUT2D eigenvalue weighted by atomic mass is 127. The first kappa shape index (κ1) is 20.2. The lowest BCUT2D eigenvalue weighted by Gasteiger charge is -2.31. The number of aliphatic imine (C=N–C) groups is 1. The van der Waals surface area contributed by atoms with Crippen molar-refractivity contribution in [3.05, 3.63) is 51.5 Å². The molecule has 1 N–H and O–H groups in total. The van der Waals surface area contributed by atoms with Gasteiger partial charge in [-0.2, -0.15) is 0 Å². The van der Waals surface area contributed by atoms with Crippen LogP contribution in [0.2, 0.25) is 0 Å². The molecule has 1 aliphatic heterocycles. The number of halogens is 1. The second kappa shape index (κ2) is 9.52. The van der Waals surface area contributed by atoms with Gasteiger partial charge in [-0.3, -0.25) is 4.99 Å². The van der Waals surface area contributed by atoms with E-state index in [2.05, 4.69) is 58.7 Å². The lowest BCUT2D eigenvalue weighted by Crippen LogP contribution is -2.44. The molecule has 0 saturated heterocycles. The van der Waals surface area contributed by atoms with Crippen LogP contribution in [-0.2, 0) is 19.4 Å². The molecule has 0 spiro atoms. The second-order valence-electron chi connectivity index (χ2n) is 6.50. The Morgan fingerprint density at radius 1 is 1.32 bits per heavy atom. The van der Waals surface area contributed by atoms with E-state index in [0.29, 0.717) is 5.92 Å². The van der Waals surface area contributed by atoms with Crippen LogP contribution in [0.15, 0.2) is 34.6 Å². The van der Waals surface area contributed by atoms with Gasteiger partial charge in [0.05, 0.1) is 10.7 Å². The van der Waals surface area contributed by atoms with Crippen LogP contribution in [0.5, 0.6) is 0 Å². The third kappa shape index (κ3) is 5.17. The van der Waals surface area contributed by atoms with Crippen LogP contribution in [-0.4, -0.2) is 36.0 Å².